The second-order valence-electron chi connectivity index (χ2n) is 7.73. The van der Waals surface area contributed by atoms with Crippen LogP contribution in [0.5, 0.6) is 11.5 Å². The quantitative estimate of drug-likeness (QED) is 0.187. The first-order valence-electron chi connectivity index (χ1n) is 11.2. The van der Waals surface area contributed by atoms with E-state index >= 15 is 0 Å². The number of nitrogens with one attached hydrogen (secondary N) is 3. The summed E-state index contributed by atoms with van der Waals surface area (Å²) in [5.74, 6) is -0.0777. The number of thiophene rings is 1. The van der Waals surface area contributed by atoms with E-state index in [0.29, 0.717) is 31.1 Å². The molecule has 4 rings (SSSR count). The zero-order valence-electron chi connectivity index (χ0n) is 19.7. The number of nitrogens with zero attached hydrogens (tertiary/aromatic N) is 2. The van der Waals surface area contributed by atoms with Gasteiger partial charge in [-0.05, 0) is 29.8 Å². The number of carbonyl (C=O) groups is 1. The number of amides is 2. The number of hydrogen-bond acceptors (Lipinski definition) is 7. The normalized spacial score (nSPS) is 10.8. The lowest BCUT2D eigenvalue weighted by molar-refractivity contribution is 0.199. The van der Waals surface area contributed by atoms with E-state index in [9.17, 15) is 9.18 Å². The molecule has 3 N–H and O–H groups in total. The van der Waals surface area contributed by atoms with Crippen molar-refractivity contribution in [3.63, 3.8) is 0 Å². The van der Waals surface area contributed by atoms with Crippen molar-refractivity contribution in [3.8, 4) is 22.1 Å². The summed E-state index contributed by atoms with van der Waals surface area (Å²) in [7, 11) is 1.67. The molecule has 0 unspecified atom stereocenters. The summed E-state index contributed by atoms with van der Waals surface area (Å²) < 4.78 is 26.4. The number of anilines is 1. The number of halogens is 1. The third kappa shape index (κ3) is 6.42. The van der Waals surface area contributed by atoms with Crippen molar-refractivity contribution in [1.82, 2.24) is 20.6 Å². The molecule has 0 aliphatic rings. The molecule has 0 saturated heterocycles. The molecule has 0 aliphatic carbocycles. The van der Waals surface area contributed by atoms with Gasteiger partial charge in [0.15, 0.2) is 11.6 Å². The highest BCUT2D eigenvalue weighted by Crippen LogP contribution is 2.39. The SMILES string of the molecule is C=CCNC(=O)Nc1ccc(Oc2ccnc3cc(-c4ccc(CNCCOC)cn4)sc23)c(F)c1. The minimum atomic E-state index is -0.602. The molecule has 0 saturated carbocycles. The van der Waals surface area contributed by atoms with Crippen LogP contribution in [0, 0.1) is 5.82 Å². The maximum absolute atomic E-state index is 14.7. The molecular weight excluding hydrogens is 481 g/mol. The summed E-state index contributed by atoms with van der Waals surface area (Å²) in [6, 6.07) is 11.4. The number of benzene rings is 1. The topological polar surface area (TPSA) is 97.4 Å². The van der Waals surface area contributed by atoms with Gasteiger partial charge in [0.1, 0.15) is 5.75 Å². The fraction of sp³-hybridized carbons (Fsp3) is 0.192. The van der Waals surface area contributed by atoms with Gasteiger partial charge in [-0.25, -0.2) is 9.18 Å². The Hall–Kier alpha value is -3.86. The zero-order valence-corrected chi connectivity index (χ0v) is 20.5. The highest BCUT2D eigenvalue weighted by atomic mass is 32.1. The Morgan fingerprint density at radius 1 is 1.17 bits per heavy atom. The third-order valence-corrected chi connectivity index (χ3v) is 6.24. The summed E-state index contributed by atoms with van der Waals surface area (Å²) in [6.45, 7) is 5.98. The number of pyridine rings is 2. The fourth-order valence-electron chi connectivity index (χ4n) is 3.32. The van der Waals surface area contributed by atoms with Crippen LogP contribution in [0.1, 0.15) is 5.56 Å². The van der Waals surface area contributed by atoms with Gasteiger partial charge in [-0.1, -0.05) is 12.1 Å². The molecule has 10 heteroatoms. The van der Waals surface area contributed by atoms with Gasteiger partial charge >= 0.3 is 6.03 Å². The molecule has 186 valence electrons. The largest absolute Gasteiger partial charge is 0.453 e. The number of carbonyl (C=O) groups excluding carboxylic acids is 1. The number of rotatable bonds is 11. The van der Waals surface area contributed by atoms with Gasteiger partial charge in [0.05, 0.1) is 27.4 Å². The van der Waals surface area contributed by atoms with Gasteiger partial charge in [-0.3, -0.25) is 9.97 Å². The molecule has 3 heterocycles. The molecule has 4 aromatic rings. The summed E-state index contributed by atoms with van der Waals surface area (Å²) >= 11 is 1.47. The van der Waals surface area contributed by atoms with Gasteiger partial charge in [-0.2, -0.15) is 0 Å². The highest BCUT2D eigenvalue weighted by Gasteiger charge is 2.14. The van der Waals surface area contributed by atoms with E-state index in [0.717, 1.165) is 32.9 Å². The van der Waals surface area contributed by atoms with Crippen LogP contribution in [0.4, 0.5) is 14.9 Å². The van der Waals surface area contributed by atoms with E-state index < -0.39 is 11.8 Å². The standard InChI is InChI=1S/C26H26FN5O3S/c1-3-9-30-26(33)32-18-5-7-22(19(27)13-18)35-23-8-10-29-21-14-24(36-25(21)23)20-6-4-17(16-31-20)15-28-11-12-34-2/h3-8,10,13-14,16,28H,1,9,11-12,15H2,2H3,(H2,30,32,33). The molecule has 2 amide bonds. The Kier molecular flexibility index (Phi) is 8.56. The van der Waals surface area contributed by atoms with E-state index in [1.54, 1.807) is 31.5 Å². The van der Waals surface area contributed by atoms with Crippen LogP contribution in [0.3, 0.4) is 0 Å². The predicted molar refractivity (Wildman–Crippen MR) is 140 cm³/mol. The highest BCUT2D eigenvalue weighted by molar-refractivity contribution is 7.22. The van der Waals surface area contributed by atoms with Crippen LogP contribution >= 0.6 is 11.3 Å². The summed E-state index contributed by atoms with van der Waals surface area (Å²) in [5.41, 5.74) is 2.94. The number of urea groups is 1. The average Bonchev–Trinajstić information content (AvgIpc) is 3.33. The number of ether oxygens (including phenoxy) is 2. The van der Waals surface area contributed by atoms with Crippen molar-refractivity contribution in [1.29, 1.82) is 0 Å². The van der Waals surface area contributed by atoms with E-state index in [1.165, 1.54) is 23.5 Å². The van der Waals surface area contributed by atoms with Crippen molar-refractivity contribution in [2.45, 2.75) is 6.54 Å². The van der Waals surface area contributed by atoms with E-state index in [2.05, 4.69) is 32.5 Å². The van der Waals surface area contributed by atoms with Crippen molar-refractivity contribution < 1.29 is 18.7 Å². The fourth-order valence-corrected chi connectivity index (χ4v) is 4.37. The summed E-state index contributed by atoms with van der Waals surface area (Å²) in [6.07, 6.45) is 5.01. The first-order chi connectivity index (χ1) is 17.6. The van der Waals surface area contributed by atoms with Crippen molar-refractivity contribution >= 4 is 33.3 Å². The maximum Gasteiger partial charge on any atom is 0.319 e. The van der Waals surface area contributed by atoms with E-state index in [-0.39, 0.29) is 5.75 Å². The summed E-state index contributed by atoms with van der Waals surface area (Å²) in [4.78, 5) is 21.7. The smallest absolute Gasteiger partial charge is 0.319 e. The maximum atomic E-state index is 14.7. The van der Waals surface area contributed by atoms with Crippen LogP contribution in [0.2, 0.25) is 0 Å². The van der Waals surface area contributed by atoms with Crippen molar-refractivity contribution in [2.75, 3.05) is 32.1 Å². The lowest BCUT2D eigenvalue weighted by Gasteiger charge is -2.10. The van der Waals surface area contributed by atoms with Crippen LogP contribution in [0.25, 0.3) is 20.8 Å². The van der Waals surface area contributed by atoms with Gasteiger partial charge in [0.25, 0.3) is 0 Å². The van der Waals surface area contributed by atoms with Gasteiger partial charge in [-0.15, -0.1) is 17.9 Å². The third-order valence-electron chi connectivity index (χ3n) is 5.08. The Balaban J connectivity index is 1.48. The van der Waals surface area contributed by atoms with Gasteiger partial charge in [0.2, 0.25) is 0 Å². The van der Waals surface area contributed by atoms with Crippen LogP contribution in [-0.2, 0) is 11.3 Å². The minimum Gasteiger partial charge on any atom is -0.453 e. The minimum absolute atomic E-state index is 0.0398. The lowest BCUT2D eigenvalue weighted by atomic mass is 10.2. The van der Waals surface area contributed by atoms with Gasteiger partial charge in [0, 0.05) is 57.0 Å². The molecule has 36 heavy (non-hydrogen) atoms. The molecular formula is C26H26FN5O3S. The monoisotopic (exact) mass is 507 g/mol. The molecule has 0 spiro atoms. The number of hydrogen-bond donors (Lipinski definition) is 3. The lowest BCUT2D eigenvalue weighted by Crippen LogP contribution is -2.28. The van der Waals surface area contributed by atoms with Crippen LogP contribution in [0.15, 0.2) is 67.5 Å². The average molecular weight is 508 g/mol. The summed E-state index contributed by atoms with van der Waals surface area (Å²) in [5, 5.41) is 8.42. The molecule has 0 aliphatic heterocycles. The molecule has 0 radical (unpaired) electrons. The number of methoxy groups -OCH3 is 1. The zero-order chi connectivity index (χ0) is 25.3. The van der Waals surface area contributed by atoms with E-state index in [4.69, 9.17) is 9.47 Å². The van der Waals surface area contributed by atoms with Crippen LogP contribution in [-0.4, -0.2) is 42.8 Å². The second-order valence-corrected chi connectivity index (χ2v) is 8.78. The molecule has 0 fully saturated rings. The van der Waals surface area contributed by atoms with E-state index in [1.807, 2.05) is 24.4 Å². The molecule has 3 aromatic heterocycles. The number of aromatic nitrogens is 2. The Morgan fingerprint density at radius 3 is 2.81 bits per heavy atom. The molecule has 8 nitrogen and oxygen atoms in total. The number of fused-ring (bicyclic) bond motifs is 1. The molecule has 0 atom stereocenters. The second kappa shape index (κ2) is 12.2. The Labute approximate surface area is 212 Å². The van der Waals surface area contributed by atoms with Gasteiger partial charge < -0.3 is 25.4 Å². The first kappa shape index (κ1) is 25.2. The molecule has 0 bridgehead atoms. The first-order valence-corrected chi connectivity index (χ1v) is 12.1. The predicted octanol–water partition coefficient (Wildman–Crippen LogP) is 5.33. The van der Waals surface area contributed by atoms with Crippen molar-refractivity contribution in [3.05, 3.63) is 78.9 Å². The van der Waals surface area contributed by atoms with Crippen molar-refractivity contribution in [2.24, 2.45) is 0 Å². The van der Waals surface area contributed by atoms with Crippen LogP contribution < -0.4 is 20.7 Å². The molecule has 1 aromatic carbocycles. The Morgan fingerprint density at radius 2 is 2.06 bits per heavy atom. The Bertz CT molecular complexity index is 1340.